The molecule has 1 saturated heterocycles. The first kappa shape index (κ1) is 18.2. The van der Waals surface area contributed by atoms with Crippen LogP contribution in [0.3, 0.4) is 0 Å². The molecule has 0 spiro atoms. The predicted molar refractivity (Wildman–Crippen MR) is 100.0 cm³/mol. The van der Waals surface area contributed by atoms with Crippen LogP contribution < -0.4 is 25.6 Å². The zero-order valence-electron chi connectivity index (χ0n) is 15.3. The second kappa shape index (κ2) is 8.21. The number of benzene rings is 2. The summed E-state index contributed by atoms with van der Waals surface area (Å²) >= 11 is 0. The normalized spacial score (nSPS) is 19.2. The molecule has 1 fully saturated rings. The Morgan fingerprint density at radius 2 is 1.88 bits per heavy atom. The van der Waals surface area contributed by atoms with Gasteiger partial charge in [-0.2, -0.15) is 0 Å². The third-order valence-electron chi connectivity index (χ3n) is 4.65. The van der Waals surface area contributed by atoms with Crippen LogP contribution in [-0.2, 0) is 11.3 Å². The SMILES string of the molecule is COc1ccc(CNC(=O)C2CC(c3ccc(C)cc3)NN2)c(OC)c1. The molecule has 0 aromatic heterocycles. The van der Waals surface area contributed by atoms with Gasteiger partial charge in [-0.25, -0.2) is 10.9 Å². The van der Waals surface area contributed by atoms with Crippen molar-refractivity contribution in [2.24, 2.45) is 0 Å². The molecule has 3 N–H and O–H groups in total. The van der Waals surface area contributed by atoms with Gasteiger partial charge in [0, 0.05) is 24.2 Å². The summed E-state index contributed by atoms with van der Waals surface area (Å²) in [5, 5.41) is 2.97. The number of carbonyl (C=O) groups excluding carboxylic acids is 1. The van der Waals surface area contributed by atoms with Crippen LogP contribution in [0.2, 0.25) is 0 Å². The number of hydrazine groups is 1. The predicted octanol–water partition coefficient (Wildman–Crippen LogP) is 2.24. The maximum atomic E-state index is 12.5. The Morgan fingerprint density at radius 3 is 2.58 bits per heavy atom. The Balaban J connectivity index is 1.57. The molecule has 0 bridgehead atoms. The van der Waals surface area contributed by atoms with Crippen LogP contribution >= 0.6 is 0 Å². The summed E-state index contributed by atoms with van der Waals surface area (Å²) in [7, 11) is 3.22. The second-order valence-corrected chi connectivity index (χ2v) is 6.44. The van der Waals surface area contributed by atoms with E-state index in [1.807, 2.05) is 18.2 Å². The van der Waals surface area contributed by atoms with E-state index in [4.69, 9.17) is 9.47 Å². The van der Waals surface area contributed by atoms with Gasteiger partial charge in [0.2, 0.25) is 5.91 Å². The maximum absolute atomic E-state index is 12.5. The van der Waals surface area contributed by atoms with E-state index in [0.29, 0.717) is 18.7 Å². The number of carbonyl (C=O) groups is 1. The van der Waals surface area contributed by atoms with E-state index in [0.717, 1.165) is 11.3 Å². The van der Waals surface area contributed by atoms with E-state index in [-0.39, 0.29) is 18.0 Å². The van der Waals surface area contributed by atoms with Crippen LogP contribution in [0.1, 0.15) is 29.2 Å². The molecule has 2 atom stereocenters. The summed E-state index contributed by atoms with van der Waals surface area (Å²) in [6.45, 7) is 2.47. The third-order valence-corrected chi connectivity index (χ3v) is 4.65. The average Bonchev–Trinajstić information content (AvgIpc) is 3.16. The van der Waals surface area contributed by atoms with Crippen LogP contribution in [0.4, 0.5) is 0 Å². The number of amides is 1. The van der Waals surface area contributed by atoms with Gasteiger partial charge in [0.1, 0.15) is 17.5 Å². The fourth-order valence-electron chi connectivity index (χ4n) is 3.05. The van der Waals surface area contributed by atoms with Gasteiger partial charge in [0.25, 0.3) is 0 Å². The summed E-state index contributed by atoms with van der Waals surface area (Å²) in [5.41, 5.74) is 9.60. The van der Waals surface area contributed by atoms with Crippen LogP contribution in [0.25, 0.3) is 0 Å². The van der Waals surface area contributed by atoms with Crippen molar-refractivity contribution in [1.82, 2.24) is 16.2 Å². The molecule has 138 valence electrons. The monoisotopic (exact) mass is 355 g/mol. The molecule has 3 rings (SSSR count). The first-order chi connectivity index (χ1) is 12.6. The molecule has 0 saturated carbocycles. The highest BCUT2D eigenvalue weighted by Gasteiger charge is 2.29. The van der Waals surface area contributed by atoms with Crippen molar-refractivity contribution in [2.75, 3.05) is 14.2 Å². The molecule has 6 nitrogen and oxygen atoms in total. The minimum absolute atomic E-state index is 0.0371. The Labute approximate surface area is 153 Å². The minimum Gasteiger partial charge on any atom is -0.497 e. The van der Waals surface area contributed by atoms with Gasteiger partial charge in [-0.1, -0.05) is 29.8 Å². The lowest BCUT2D eigenvalue weighted by atomic mass is 10.0. The third kappa shape index (κ3) is 4.15. The first-order valence-corrected chi connectivity index (χ1v) is 8.67. The van der Waals surface area contributed by atoms with Crippen molar-refractivity contribution in [1.29, 1.82) is 0 Å². The van der Waals surface area contributed by atoms with E-state index >= 15 is 0 Å². The number of hydrogen-bond donors (Lipinski definition) is 3. The number of ether oxygens (including phenoxy) is 2. The number of methoxy groups -OCH3 is 2. The molecule has 1 aliphatic rings. The van der Waals surface area contributed by atoms with E-state index < -0.39 is 0 Å². The van der Waals surface area contributed by atoms with Crippen LogP contribution in [0.15, 0.2) is 42.5 Å². The van der Waals surface area contributed by atoms with Crippen molar-refractivity contribution >= 4 is 5.91 Å². The summed E-state index contributed by atoms with van der Waals surface area (Å²) in [5.74, 6) is 1.38. The standard InChI is InChI=1S/C20H25N3O3/c1-13-4-6-14(7-5-13)17-11-18(23-22-17)20(24)21-12-15-8-9-16(25-2)10-19(15)26-3/h4-10,17-18,22-23H,11-12H2,1-3H3,(H,21,24). The van der Waals surface area contributed by atoms with Gasteiger partial charge in [-0.3, -0.25) is 4.79 Å². The summed E-state index contributed by atoms with van der Waals surface area (Å²) in [6.07, 6.45) is 0.703. The lowest BCUT2D eigenvalue weighted by Crippen LogP contribution is -2.42. The molecule has 0 aliphatic carbocycles. The zero-order chi connectivity index (χ0) is 18.5. The number of aryl methyl sites for hydroxylation is 1. The largest absolute Gasteiger partial charge is 0.497 e. The molecule has 2 unspecified atom stereocenters. The number of nitrogens with one attached hydrogen (secondary N) is 3. The summed E-state index contributed by atoms with van der Waals surface area (Å²) in [6, 6.07) is 13.8. The second-order valence-electron chi connectivity index (χ2n) is 6.44. The van der Waals surface area contributed by atoms with E-state index in [9.17, 15) is 4.79 Å². The molecule has 6 heteroatoms. The average molecular weight is 355 g/mol. The zero-order valence-corrected chi connectivity index (χ0v) is 15.3. The van der Waals surface area contributed by atoms with E-state index in [1.165, 1.54) is 11.1 Å². The van der Waals surface area contributed by atoms with Crippen molar-refractivity contribution in [2.45, 2.75) is 32.0 Å². The van der Waals surface area contributed by atoms with Crippen molar-refractivity contribution in [3.05, 3.63) is 59.2 Å². The van der Waals surface area contributed by atoms with Gasteiger partial charge in [0.15, 0.2) is 0 Å². The quantitative estimate of drug-likeness (QED) is 0.741. The number of hydrogen-bond acceptors (Lipinski definition) is 5. The molecule has 1 amide bonds. The smallest absolute Gasteiger partial charge is 0.238 e. The Bertz CT molecular complexity index is 761. The molecule has 2 aromatic rings. The van der Waals surface area contributed by atoms with Crippen LogP contribution in [0.5, 0.6) is 11.5 Å². The fourth-order valence-corrected chi connectivity index (χ4v) is 3.05. The highest BCUT2D eigenvalue weighted by Crippen LogP contribution is 2.25. The Morgan fingerprint density at radius 1 is 1.12 bits per heavy atom. The highest BCUT2D eigenvalue weighted by atomic mass is 16.5. The molecule has 0 radical (unpaired) electrons. The van der Waals surface area contributed by atoms with Gasteiger partial charge >= 0.3 is 0 Å². The molecule has 1 aliphatic heterocycles. The number of rotatable bonds is 6. The first-order valence-electron chi connectivity index (χ1n) is 8.67. The molecular formula is C20H25N3O3. The fraction of sp³-hybridized carbons (Fsp3) is 0.350. The lowest BCUT2D eigenvalue weighted by molar-refractivity contribution is -0.123. The van der Waals surface area contributed by atoms with Crippen LogP contribution in [-0.4, -0.2) is 26.2 Å². The molecule has 2 aromatic carbocycles. The van der Waals surface area contributed by atoms with Crippen molar-refractivity contribution < 1.29 is 14.3 Å². The topological polar surface area (TPSA) is 71.6 Å². The Kier molecular flexibility index (Phi) is 5.75. The van der Waals surface area contributed by atoms with Gasteiger partial charge < -0.3 is 14.8 Å². The van der Waals surface area contributed by atoms with Crippen molar-refractivity contribution in [3.63, 3.8) is 0 Å². The van der Waals surface area contributed by atoms with E-state index in [2.05, 4.69) is 47.4 Å². The molecule has 1 heterocycles. The molecular weight excluding hydrogens is 330 g/mol. The van der Waals surface area contributed by atoms with Crippen molar-refractivity contribution in [3.8, 4) is 11.5 Å². The molecule has 26 heavy (non-hydrogen) atoms. The minimum atomic E-state index is -0.273. The highest BCUT2D eigenvalue weighted by molar-refractivity contribution is 5.82. The Hall–Kier alpha value is -2.57. The summed E-state index contributed by atoms with van der Waals surface area (Å²) in [4.78, 5) is 12.5. The lowest BCUT2D eigenvalue weighted by Gasteiger charge is -2.13. The maximum Gasteiger partial charge on any atom is 0.238 e. The van der Waals surface area contributed by atoms with Gasteiger partial charge in [-0.05, 0) is 31.0 Å². The summed E-state index contributed by atoms with van der Waals surface area (Å²) < 4.78 is 10.6. The van der Waals surface area contributed by atoms with Gasteiger partial charge in [0.05, 0.1) is 14.2 Å². The van der Waals surface area contributed by atoms with E-state index in [1.54, 1.807) is 14.2 Å². The van der Waals surface area contributed by atoms with Gasteiger partial charge in [-0.15, -0.1) is 0 Å². The van der Waals surface area contributed by atoms with Crippen LogP contribution in [0, 0.1) is 6.92 Å².